The normalized spacial score (nSPS) is 37.5. The number of carbonyl (C=O) groups excluding carboxylic acids is 4. The maximum Gasteiger partial charge on any atom is 0.329 e. The molecule has 3 fully saturated rings. The molecule has 3 N–H and O–H groups in total. The molecule has 1 aromatic heterocycles. The Balaban J connectivity index is 1.30. The van der Waals surface area contributed by atoms with Gasteiger partial charge in [0, 0.05) is 56.7 Å². The van der Waals surface area contributed by atoms with E-state index in [0.29, 0.717) is 38.5 Å². The standard InChI is InChI=1S/C51H74N2O11S/c1-10-35-22-29(2)21-30(3)23-42(61-8)47-43(62-9)25-32(5)51(59,64-47)48(56)49(57)53-20-14-13-16-38(53)50(58)63-46(33(6)39(54)28-40(35)55)31(4)24-34-18-19-37(41(26-34)60-7)52-45-27-36-15-11-12-17-44(36)65-45/h11-12,15,17,22,24,27,30,32-35,37-39,41-43,46-47,52,54,59H,10,13-14,16,18-21,23,25-26,28H2,1-9H3/b29-22+,31-24?. The van der Waals surface area contributed by atoms with E-state index in [2.05, 4.69) is 36.5 Å². The topological polar surface area (TPSA) is 170 Å². The molecule has 0 spiro atoms. The molecule has 14 heteroatoms. The molecule has 65 heavy (non-hydrogen) atoms. The maximum absolute atomic E-state index is 14.5. The molecule has 1 aliphatic carbocycles. The predicted molar refractivity (Wildman–Crippen MR) is 251 cm³/mol. The zero-order valence-corrected chi connectivity index (χ0v) is 40.8. The molecule has 0 radical (unpaired) electrons. The molecule has 1 amide bonds. The number of thiophene rings is 1. The Labute approximate surface area is 389 Å². The molecule has 6 rings (SSSR count). The molecule has 13 nitrogen and oxygen atoms in total. The number of methoxy groups -OCH3 is 3. The third kappa shape index (κ3) is 11.8. The van der Waals surface area contributed by atoms with Gasteiger partial charge >= 0.3 is 5.97 Å². The average molecular weight is 923 g/mol. The van der Waals surface area contributed by atoms with Gasteiger partial charge in [0.15, 0.2) is 0 Å². The Hall–Kier alpha value is -3.50. The lowest BCUT2D eigenvalue weighted by Crippen LogP contribution is -2.64. The fourth-order valence-corrected chi connectivity index (χ4v) is 11.8. The minimum Gasteiger partial charge on any atom is -0.456 e. The summed E-state index contributed by atoms with van der Waals surface area (Å²) in [6, 6.07) is 9.45. The van der Waals surface area contributed by atoms with Gasteiger partial charge in [0.1, 0.15) is 24.0 Å². The van der Waals surface area contributed by atoms with E-state index < -0.39 is 77.8 Å². The van der Waals surface area contributed by atoms with Crippen LogP contribution in [-0.2, 0) is 42.9 Å². The van der Waals surface area contributed by atoms with Crippen molar-refractivity contribution >= 4 is 49.9 Å². The number of cyclic esters (lactones) is 1. The van der Waals surface area contributed by atoms with Crippen LogP contribution in [0.25, 0.3) is 10.1 Å². The minimum absolute atomic E-state index is 0.0363. The number of Topliss-reactive ketones (excluding diaryl/α,β-unsaturated/α-hetero) is 2. The Bertz CT molecular complexity index is 2000. The number of amides is 1. The summed E-state index contributed by atoms with van der Waals surface area (Å²) in [6.45, 7) is 11.4. The molecule has 2 bridgehead atoms. The van der Waals surface area contributed by atoms with Gasteiger partial charge in [-0.15, -0.1) is 11.3 Å². The van der Waals surface area contributed by atoms with Crippen LogP contribution in [0.4, 0.5) is 5.00 Å². The minimum atomic E-state index is -2.50. The van der Waals surface area contributed by atoms with Crippen molar-refractivity contribution in [3.05, 3.63) is 53.6 Å². The molecule has 14 atom stereocenters. The first kappa shape index (κ1) is 50.9. The quantitative estimate of drug-likeness (QED) is 0.134. The van der Waals surface area contributed by atoms with Crippen LogP contribution < -0.4 is 5.32 Å². The number of aliphatic hydroxyl groups is 2. The molecule has 4 aliphatic rings. The van der Waals surface area contributed by atoms with Gasteiger partial charge in [0.25, 0.3) is 11.7 Å². The van der Waals surface area contributed by atoms with Crippen LogP contribution in [0.1, 0.15) is 112 Å². The zero-order chi connectivity index (χ0) is 47.2. The third-order valence-corrected chi connectivity index (χ3v) is 15.7. The molecule has 4 heterocycles. The van der Waals surface area contributed by atoms with Gasteiger partial charge in [-0.05, 0) is 113 Å². The lowest BCUT2D eigenvalue weighted by atomic mass is 9.81. The van der Waals surface area contributed by atoms with E-state index in [4.69, 9.17) is 23.7 Å². The number of aliphatic hydroxyl groups excluding tert-OH is 1. The molecule has 1 aromatic carbocycles. The first-order valence-electron chi connectivity index (χ1n) is 23.9. The second-order valence-electron chi connectivity index (χ2n) is 19.5. The molecule has 14 unspecified atom stereocenters. The SMILES string of the molecule is CCC1/C=C(\C)CC(C)CC(OC)C2OC(O)(C(=O)C(=O)N3CCCCC3C(=O)OC(C(C)=CC3CCC(Nc4cc5ccccc5s4)C(OC)C3)C(C)C(O)CC1=O)C(C)CC2OC. The fraction of sp³-hybridized carbons (Fsp3) is 0.686. The van der Waals surface area contributed by atoms with Gasteiger partial charge in [-0.1, -0.05) is 63.6 Å². The van der Waals surface area contributed by atoms with E-state index in [1.165, 1.54) is 15.0 Å². The Morgan fingerprint density at radius 2 is 1.66 bits per heavy atom. The average Bonchev–Trinajstić information content (AvgIpc) is 3.71. The number of anilines is 1. The number of nitrogens with zero attached hydrogens (tertiary/aromatic N) is 1. The molecule has 1 saturated carbocycles. The number of nitrogens with one attached hydrogen (secondary N) is 1. The second-order valence-corrected chi connectivity index (χ2v) is 20.6. The van der Waals surface area contributed by atoms with Gasteiger partial charge in [-0.3, -0.25) is 14.4 Å². The number of carbonyl (C=O) groups is 4. The largest absolute Gasteiger partial charge is 0.456 e. The summed E-state index contributed by atoms with van der Waals surface area (Å²) in [5.74, 6) is -7.35. The van der Waals surface area contributed by atoms with Crippen LogP contribution >= 0.6 is 11.3 Å². The summed E-state index contributed by atoms with van der Waals surface area (Å²) in [5.41, 5.74) is 1.73. The molecule has 3 aliphatic heterocycles. The zero-order valence-electron chi connectivity index (χ0n) is 40.0. The van der Waals surface area contributed by atoms with Crippen molar-refractivity contribution in [1.82, 2.24) is 4.90 Å². The molecule has 360 valence electrons. The van der Waals surface area contributed by atoms with Crippen LogP contribution in [0.2, 0.25) is 0 Å². The third-order valence-electron chi connectivity index (χ3n) is 14.7. The monoisotopic (exact) mass is 923 g/mol. The number of hydrogen-bond acceptors (Lipinski definition) is 13. The highest BCUT2D eigenvalue weighted by Gasteiger charge is 2.56. The maximum atomic E-state index is 14.5. The van der Waals surface area contributed by atoms with E-state index in [1.54, 1.807) is 46.5 Å². The van der Waals surface area contributed by atoms with Crippen molar-refractivity contribution in [2.24, 2.45) is 29.6 Å². The number of fused-ring (bicyclic) bond motifs is 4. The van der Waals surface area contributed by atoms with Crippen molar-refractivity contribution in [2.75, 3.05) is 33.2 Å². The molecular weight excluding hydrogens is 849 g/mol. The summed E-state index contributed by atoms with van der Waals surface area (Å²) in [4.78, 5) is 58.5. The lowest BCUT2D eigenvalue weighted by Gasteiger charge is -2.47. The molecule has 2 aromatic rings. The van der Waals surface area contributed by atoms with Crippen LogP contribution in [0.3, 0.4) is 0 Å². The van der Waals surface area contributed by atoms with Crippen LogP contribution in [0.15, 0.2) is 53.6 Å². The highest BCUT2D eigenvalue weighted by atomic mass is 32.1. The number of hydrogen-bond donors (Lipinski definition) is 3. The van der Waals surface area contributed by atoms with Gasteiger partial charge in [0.2, 0.25) is 5.79 Å². The Morgan fingerprint density at radius 3 is 2.35 bits per heavy atom. The van der Waals surface area contributed by atoms with Gasteiger partial charge in [0.05, 0.1) is 35.5 Å². The second kappa shape index (κ2) is 22.5. The summed E-state index contributed by atoms with van der Waals surface area (Å²) in [7, 11) is 4.81. The van der Waals surface area contributed by atoms with Crippen molar-refractivity contribution in [3.63, 3.8) is 0 Å². The first-order chi connectivity index (χ1) is 31.0. The van der Waals surface area contributed by atoms with Crippen LogP contribution in [-0.4, -0.2) is 121 Å². The highest BCUT2D eigenvalue weighted by Crippen LogP contribution is 2.40. The summed E-state index contributed by atoms with van der Waals surface area (Å²) >= 11 is 1.72. The van der Waals surface area contributed by atoms with E-state index in [9.17, 15) is 29.4 Å². The van der Waals surface area contributed by atoms with Crippen LogP contribution in [0.5, 0.6) is 0 Å². The van der Waals surface area contributed by atoms with E-state index >= 15 is 0 Å². The molecular formula is C51H74N2O11S. The summed E-state index contributed by atoms with van der Waals surface area (Å²) in [5, 5.41) is 30.0. The van der Waals surface area contributed by atoms with Gasteiger partial charge in [-0.2, -0.15) is 0 Å². The summed E-state index contributed by atoms with van der Waals surface area (Å²) < 4.78 is 31.8. The number of allylic oxidation sites excluding steroid dienone is 3. The highest BCUT2D eigenvalue weighted by molar-refractivity contribution is 7.22. The number of ketones is 2. The van der Waals surface area contributed by atoms with E-state index in [-0.39, 0.29) is 55.6 Å². The first-order valence-corrected chi connectivity index (χ1v) is 24.7. The number of esters is 1. The number of ether oxygens (including phenoxy) is 5. The Kier molecular flexibility index (Phi) is 17.6. The van der Waals surface area contributed by atoms with E-state index in [1.807, 2.05) is 39.0 Å². The fourth-order valence-electron chi connectivity index (χ4n) is 10.8. The number of benzene rings is 1. The van der Waals surface area contributed by atoms with Crippen LogP contribution in [0, 0.1) is 29.6 Å². The number of rotatable bonds is 8. The van der Waals surface area contributed by atoms with Crippen molar-refractivity contribution in [1.29, 1.82) is 0 Å². The predicted octanol–water partition coefficient (Wildman–Crippen LogP) is 7.81. The van der Waals surface area contributed by atoms with Crippen molar-refractivity contribution in [3.8, 4) is 0 Å². The smallest absolute Gasteiger partial charge is 0.329 e. The van der Waals surface area contributed by atoms with Gasteiger partial charge < -0.3 is 44.1 Å². The van der Waals surface area contributed by atoms with Gasteiger partial charge in [-0.25, -0.2) is 4.79 Å². The van der Waals surface area contributed by atoms with Crippen molar-refractivity contribution in [2.45, 2.75) is 167 Å². The summed E-state index contributed by atoms with van der Waals surface area (Å²) in [6.07, 6.45) is 5.38. The lowest BCUT2D eigenvalue weighted by molar-refractivity contribution is -0.302. The number of piperidine rings is 1. The molecule has 2 saturated heterocycles. The Morgan fingerprint density at radius 1 is 0.954 bits per heavy atom. The van der Waals surface area contributed by atoms with E-state index in [0.717, 1.165) is 29.0 Å². The van der Waals surface area contributed by atoms with Crippen molar-refractivity contribution < 1.29 is 53.1 Å².